The number of nitrogens with zero attached hydrogens (tertiary/aromatic N) is 1. The molecule has 1 fully saturated rings. The first-order chi connectivity index (χ1) is 10.2. The van der Waals surface area contributed by atoms with Crippen LogP contribution in [0.4, 0.5) is 0 Å². The van der Waals surface area contributed by atoms with Crippen molar-refractivity contribution in [2.75, 3.05) is 19.7 Å². The van der Waals surface area contributed by atoms with Gasteiger partial charge < -0.3 is 9.84 Å². The first kappa shape index (κ1) is 14.5. The number of carboxylic acids is 1. The molecule has 1 atom stereocenters. The van der Waals surface area contributed by atoms with Crippen LogP contribution in [0.3, 0.4) is 0 Å². The van der Waals surface area contributed by atoms with E-state index >= 15 is 0 Å². The van der Waals surface area contributed by atoms with Crippen molar-refractivity contribution >= 4 is 5.97 Å². The average Bonchev–Trinajstić information content (AvgIpc) is 2.99. The predicted molar refractivity (Wildman–Crippen MR) is 80.6 cm³/mol. The minimum absolute atomic E-state index is 0.473. The van der Waals surface area contributed by atoms with Gasteiger partial charge in [-0.25, -0.2) is 4.79 Å². The Morgan fingerprint density at radius 2 is 2.33 bits per heavy atom. The Bertz CT molecular complexity index is 509. The lowest BCUT2D eigenvalue weighted by Gasteiger charge is -2.29. The molecule has 0 aromatic heterocycles. The second-order valence-electron chi connectivity index (χ2n) is 6.05. The Hall–Kier alpha value is -1.39. The summed E-state index contributed by atoms with van der Waals surface area (Å²) < 4.78 is 5.66. The molecular formula is C17H23NO3. The minimum Gasteiger partial charge on any atom is -0.478 e. The van der Waals surface area contributed by atoms with E-state index in [9.17, 15) is 9.90 Å². The zero-order valence-electron chi connectivity index (χ0n) is 12.4. The van der Waals surface area contributed by atoms with Crippen molar-refractivity contribution in [2.24, 2.45) is 0 Å². The number of hydrogen-bond acceptors (Lipinski definition) is 3. The van der Waals surface area contributed by atoms with Crippen LogP contribution in [-0.2, 0) is 17.7 Å². The minimum atomic E-state index is -0.807. The summed E-state index contributed by atoms with van der Waals surface area (Å²) in [7, 11) is 0. The van der Waals surface area contributed by atoms with Gasteiger partial charge in [-0.3, -0.25) is 4.90 Å². The number of carbonyl (C=O) groups is 1. The van der Waals surface area contributed by atoms with E-state index in [2.05, 4.69) is 11.0 Å². The number of rotatable bonds is 5. The van der Waals surface area contributed by atoms with Crippen LogP contribution in [-0.4, -0.2) is 41.8 Å². The molecule has 1 aromatic carbocycles. The molecule has 1 unspecified atom stereocenters. The topological polar surface area (TPSA) is 49.8 Å². The van der Waals surface area contributed by atoms with Gasteiger partial charge in [-0.05, 0) is 55.8 Å². The summed E-state index contributed by atoms with van der Waals surface area (Å²) in [6.07, 6.45) is 6.06. The fraction of sp³-hybridized carbons (Fsp3) is 0.588. The van der Waals surface area contributed by atoms with Gasteiger partial charge in [-0.15, -0.1) is 0 Å². The van der Waals surface area contributed by atoms with Gasteiger partial charge in [0, 0.05) is 19.7 Å². The molecule has 0 spiro atoms. The first-order valence-corrected chi connectivity index (χ1v) is 7.92. The fourth-order valence-electron chi connectivity index (χ4n) is 3.47. The van der Waals surface area contributed by atoms with Gasteiger partial charge in [0.2, 0.25) is 0 Å². The van der Waals surface area contributed by atoms with Crippen LogP contribution >= 0.6 is 0 Å². The normalized spacial score (nSPS) is 22.2. The number of fused-ring (bicyclic) bond motifs is 1. The second kappa shape index (κ2) is 6.58. The lowest BCUT2D eigenvalue weighted by Crippen LogP contribution is -2.32. The molecule has 21 heavy (non-hydrogen) atoms. The van der Waals surface area contributed by atoms with Crippen molar-refractivity contribution in [3.63, 3.8) is 0 Å². The molecule has 1 N–H and O–H groups in total. The highest BCUT2D eigenvalue weighted by Gasteiger charge is 2.21. The molecule has 0 aliphatic carbocycles. The molecule has 4 heteroatoms. The molecule has 0 radical (unpaired) electrons. The van der Waals surface area contributed by atoms with Crippen LogP contribution in [0.5, 0.6) is 0 Å². The first-order valence-electron chi connectivity index (χ1n) is 7.92. The van der Waals surface area contributed by atoms with E-state index in [1.54, 1.807) is 6.07 Å². The van der Waals surface area contributed by atoms with Gasteiger partial charge in [0.25, 0.3) is 0 Å². The van der Waals surface area contributed by atoms with Gasteiger partial charge in [0.05, 0.1) is 11.7 Å². The van der Waals surface area contributed by atoms with Gasteiger partial charge in [-0.1, -0.05) is 12.1 Å². The van der Waals surface area contributed by atoms with E-state index in [1.165, 1.54) is 24.8 Å². The van der Waals surface area contributed by atoms with Crippen LogP contribution < -0.4 is 0 Å². The van der Waals surface area contributed by atoms with Crippen LogP contribution in [0.15, 0.2) is 18.2 Å². The van der Waals surface area contributed by atoms with Gasteiger partial charge >= 0.3 is 5.97 Å². The molecule has 2 heterocycles. The number of benzene rings is 1. The van der Waals surface area contributed by atoms with Gasteiger partial charge in [0.15, 0.2) is 0 Å². The summed E-state index contributed by atoms with van der Waals surface area (Å²) in [5, 5.41) is 9.24. The second-order valence-corrected chi connectivity index (χ2v) is 6.05. The largest absolute Gasteiger partial charge is 0.478 e. The van der Waals surface area contributed by atoms with Gasteiger partial charge in [0.1, 0.15) is 0 Å². The van der Waals surface area contributed by atoms with E-state index in [0.717, 1.165) is 44.6 Å². The highest BCUT2D eigenvalue weighted by atomic mass is 16.5. The Labute approximate surface area is 125 Å². The van der Waals surface area contributed by atoms with Crippen LogP contribution in [0.25, 0.3) is 0 Å². The van der Waals surface area contributed by atoms with Crippen molar-refractivity contribution in [3.05, 3.63) is 34.9 Å². The highest BCUT2D eigenvalue weighted by molar-refractivity contribution is 5.89. The summed E-state index contributed by atoms with van der Waals surface area (Å²) in [5.41, 5.74) is 2.69. The summed E-state index contributed by atoms with van der Waals surface area (Å²) >= 11 is 0. The summed E-state index contributed by atoms with van der Waals surface area (Å²) in [6.45, 7) is 3.85. The smallest absolute Gasteiger partial charge is 0.335 e. The molecule has 0 saturated carbocycles. The summed E-state index contributed by atoms with van der Waals surface area (Å²) in [5.74, 6) is -0.807. The lowest BCUT2D eigenvalue weighted by molar-refractivity contribution is 0.0694. The van der Waals surface area contributed by atoms with E-state index in [-0.39, 0.29) is 0 Å². The number of carboxylic acid groups (broad SMARTS) is 1. The SMILES string of the molecule is O=C(O)c1cccc2c1CCN(CCCC1CCCO1)C2. The van der Waals surface area contributed by atoms with E-state index in [0.29, 0.717) is 11.7 Å². The molecule has 114 valence electrons. The van der Waals surface area contributed by atoms with E-state index in [4.69, 9.17) is 4.74 Å². The van der Waals surface area contributed by atoms with Crippen molar-refractivity contribution in [1.82, 2.24) is 4.90 Å². The lowest BCUT2D eigenvalue weighted by atomic mass is 9.94. The molecule has 0 bridgehead atoms. The summed E-state index contributed by atoms with van der Waals surface area (Å²) in [6, 6.07) is 5.64. The third-order valence-corrected chi connectivity index (χ3v) is 4.60. The number of aromatic carboxylic acids is 1. The fourth-order valence-corrected chi connectivity index (χ4v) is 3.47. The zero-order chi connectivity index (χ0) is 14.7. The molecule has 2 aliphatic heterocycles. The van der Waals surface area contributed by atoms with Crippen LogP contribution in [0, 0.1) is 0 Å². The number of hydrogen-bond donors (Lipinski definition) is 1. The standard InChI is InChI=1S/C17H23NO3/c19-17(20)16-7-1-4-13-12-18(10-8-15(13)16)9-2-5-14-6-3-11-21-14/h1,4,7,14H,2-3,5-6,8-12H2,(H,19,20). The zero-order valence-corrected chi connectivity index (χ0v) is 12.4. The molecule has 1 saturated heterocycles. The van der Waals surface area contributed by atoms with Gasteiger partial charge in [-0.2, -0.15) is 0 Å². The molecule has 4 nitrogen and oxygen atoms in total. The Balaban J connectivity index is 1.54. The van der Waals surface area contributed by atoms with Crippen molar-refractivity contribution in [3.8, 4) is 0 Å². The number of ether oxygens (including phenoxy) is 1. The van der Waals surface area contributed by atoms with Crippen LogP contribution in [0.2, 0.25) is 0 Å². The van der Waals surface area contributed by atoms with E-state index in [1.807, 2.05) is 6.07 Å². The van der Waals surface area contributed by atoms with Crippen molar-refractivity contribution in [1.29, 1.82) is 0 Å². The quantitative estimate of drug-likeness (QED) is 0.905. The van der Waals surface area contributed by atoms with E-state index < -0.39 is 5.97 Å². The Kier molecular flexibility index (Phi) is 4.56. The Morgan fingerprint density at radius 3 is 3.10 bits per heavy atom. The third-order valence-electron chi connectivity index (χ3n) is 4.60. The molecule has 0 amide bonds. The molecule has 2 aliphatic rings. The average molecular weight is 289 g/mol. The maximum Gasteiger partial charge on any atom is 0.335 e. The molecule has 3 rings (SSSR count). The molecule has 1 aromatic rings. The van der Waals surface area contributed by atoms with Crippen molar-refractivity contribution in [2.45, 2.75) is 44.8 Å². The highest BCUT2D eigenvalue weighted by Crippen LogP contribution is 2.23. The van der Waals surface area contributed by atoms with Crippen molar-refractivity contribution < 1.29 is 14.6 Å². The third kappa shape index (κ3) is 3.44. The Morgan fingerprint density at radius 1 is 1.43 bits per heavy atom. The predicted octanol–water partition coefficient (Wildman–Crippen LogP) is 2.70. The maximum absolute atomic E-state index is 11.2. The maximum atomic E-state index is 11.2. The monoisotopic (exact) mass is 289 g/mol. The molecular weight excluding hydrogens is 266 g/mol. The van der Waals surface area contributed by atoms with Crippen LogP contribution in [0.1, 0.15) is 47.2 Å². The summed E-state index contributed by atoms with van der Waals surface area (Å²) in [4.78, 5) is 13.7.